The molecule has 2 aliphatic rings. The molecule has 3 amide bonds. The number of carbonyl (C=O) groups is 3. The second kappa shape index (κ2) is 17.0. The smallest absolute Gasteiger partial charge is 0.325 e. The van der Waals surface area contributed by atoms with Crippen molar-refractivity contribution >= 4 is 44.9 Å². The number of imide groups is 1. The summed E-state index contributed by atoms with van der Waals surface area (Å²) in [6, 6.07) is -0.763. The highest BCUT2D eigenvalue weighted by Gasteiger charge is 2.42. The maximum atomic E-state index is 12.7. The molecular weight excluding hydrogens is 556 g/mol. The lowest BCUT2D eigenvalue weighted by atomic mass is 9.96. The van der Waals surface area contributed by atoms with Crippen molar-refractivity contribution in [2.45, 2.75) is 68.8 Å². The minimum absolute atomic E-state index is 0.0278. The molecule has 6 atom stereocenters. The number of hydroxylamine groups is 2. The fourth-order valence-electron chi connectivity index (χ4n) is 3.82. The van der Waals surface area contributed by atoms with E-state index in [0.717, 1.165) is 29.5 Å². The predicted molar refractivity (Wildman–Crippen MR) is 144 cm³/mol. The molecule has 6 unspecified atom stereocenters. The maximum absolute atomic E-state index is 12.7. The Morgan fingerprint density at radius 2 is 1.97 bits per heavy atom. The Morgan fingerprint density at radius 1 is 1.23 bits per heavy atom. The zero-order valence-corrected chi connectivity index (χ0v) is 24.4. The number of nitrogens with one attached hydrogen (secondary N) is 1. The number of ether oxygens (including phenoxy) is 2. The van der Waals surface area contributed by atoms with Crippen molar-refractivity contribution in [3.63, 3.8) is 0 Å². The zero-order chi connectivity index (χ0) is 29.0. The summed E-state index contributed by atoms with van der Waals surface area (Å²) in [4.78, 5) is 52.9. The van der Waals surface area contributed by atoms with Gasteiger partial charge in [-0.25, -0.2) is 0 Å². The number of morpholine rings is 1. The molecule has 14 nitrogen and oxygen atoms in total. The summed E-state index contributed by atoms with van der Waals surface area (Å²) < 4.78 is 27.0. The molecule has 0 spiro atoms. The molecule has 2 fully saturated rings. The lowest BCUT2D eigenvalue weighted by Gasteiger charge is -2.43. The second-order valence-corrected chi connectivity index (χ2v) is 12.5. The quantitative estimate of drug-likeness (QED) is 0.0628. The first-order valence-electron chi connectivity index (χ1n) is 13.1. The van der Waals surface area contributed by atoms with Gasteiger partial charge in [-0.15, -0.1) is 16.8 Å². The molecule has 2 rings (SSSR count). The van der Waals surface area contributed by atoms with E-state index < -0.39 is 37.4 Å². The molecule has 0 saturated carbocycles. The molecule has 0 aliphatic carbocycles. The molecule has 39 heavy (non-hydrogen) atoms. The van der Waals surface area contributed by atoms with Crippen LogP contribution in [0.1, 0.15) is 39.0 Å². The van der Waals surface area contributed by atoms with E-state index in [1.54, 1.807) is 7.85 Å². The summed E-state index contributed by atoms with van der Waals surface area (Å²) in [7, 11) is -2.23. The Hall–Kier alpha value is -1.07. The Morgan fingerprint density at radius 3 is 2.67 bits per heavy atom. The van der Waals surface area contributed by atoms with Crippen LogP contribution in [0.5, 0.6) is 0 Å². The molecule has 2 saturated heterocycles. The van der Waals surface area contributed by atoms with Crippen LogP contribution < -0.4 is 5.32 Å². The average Bonchev–Trinajstić information content (AvgIpc) is 3.14. The lowest BCUT2D eigenvalue weighted by Crippen LogP contribution is -2.61. The van der Waals surface area contributed by atoms with Crippen molar-refractivity contribution in [3.8, 4) is 0 Å². The van der Waals surface area contributed by atoms with Gasteiger partial charge in [0, 0.05) is 39.2 Å². The average molecular weight is 597 g/mol. The molecule has 2 heterocycles. The number of amides is 3. The summed E-state index contributed by atoms with van der Waals surface area (Å²) in [5.74, 6) is -0.420. The number of thioether (sulfide) groups is 1. The van der Waals surface area contributed by atoms with Gasteiger partial charge < -0.3 is 34.4 Å². The lowest BCUT2D eigenvalue weighted by molar-refractivity contribution is -0.367. The van der Waals surface area contributed by atoms with Crippen molar-refractivity contribution in [1.82, 2.24) is 15.3 Å². The third-order valence-electron chi connectivity index (χ3n) is 5.97. The molecule has 224 valence electrons. The predicted octanol–water partition coefficient (Wildman–Crippen LogP) is -1.38. The summed E-state index contributed by atoms with van der Waals surface area (Å²) >= 11 is 1.30. The van der Waals surface area contributed by atoms with Gasteiger partial charge in [0.05, 0.1) is 31.1 Å². The highest BCUT2D eigenvalue weighted by atomic mass is 32.2. The van der Waals surface area contributed by atoms with Gasteiger partial charge >= 0.3 is 7.60 Å². The van der Waals surface area contributed by atoms with Gasteiger partial charge in [-0.1, -0.05) is 13.3 Å². The van der Waals surface area contributed by atoms with E-state index >= 15 is 0 Å². The van der Waals surface area contributed by atoms with E-state index in [4.69, 9.17) is 18.8 Å². The molecule has 0 bridgehead atoms. The van der Waals surface area contributed by atoms with Crippen LogP contribution in [0, 0.1) is 0 Å². The van der Waals surface area contributed by atoms with Crippen molar-refractivity contribution in [2.24, 2.45) is 0 Å². The third kappa shape index (κ3) is 11.8. The number of carbonyl (C=O) groups excluding carboxylic acids is 3. The second-order valence-electron chi connectivity index (χ2n) is 9.37. The molecule has 4 N–H and O–H groups in total. The number of rotatable bonds is 18. The Kier molecular flexibility index (Phi) is 14.9. The summed E-state index contributed by atoms with van der Waals surface area (Å²) in [5, 5.41) is 23.9. The fourth-order valence-corrected chi connectivity index (χ4v) is 5.34. The first-order chi connectivity index (χ1) is 18.4. The van der Waals surface area contributed by atoms with Crippen LogP contribution in [0.4, 0.5) is 0 Å². The van der Waals surface area contributed by atoms with Gasteiger partial charge in [0.2, 0.25) is 17.7 Å². The van der Waals surface area contributed by atoms with E-state index in [1.807, 2.05) is 0 Å². The highest BCUT2D eigenvalue weighted by Crippen LogP contribution is 2.37. The standard InChI is InChI=1S/C22H41BN3O11PS/c1-3-4-9-34-11-7-24-17(27)6-8-25-18(28)13-16(21(25)30)39-12-5-10-35-26-20(29)15(14-36-38(2,32)33)37-19(23)22(26)31/h15-16,19-20,22,29,31H,3-14,23H2,1-2H3,(H,24,27)(H,32,33). The molecule has 2 aliphatic heterocycles. The van der Waals surface area contributed by atoms with E-state index in [-0.39, 0.29) is 50.3 Å². The van der Waals surface area contributed by atoms with Gasteiger partial charge in [0.25, 0.3) is 0 Å². The van der Waals surface area contributed by atoms with Gasteiger partial charge in [0.15, 0.2) is 12.5 Å². The van der Waals surface area contributed by atoms with Crippen LogP contribution in [0.15, 0.2) is 0 Å². The van der Waals surface area contributed by atoms with Crippen LogP contribution in [0.3, 0.4) is 0 Å². The highest BCUT2D eigenvalue weighted by molar-refractivity contribution is 8.00. The van der Waals surface area contributed by atoms with Crippen LogP contribution in [0.2, 0.25) is 0 Å². The first-order valence-corrected chi connectivity index (χ1v) is 16.2. The molecule has 0 aromatic carbocycles. The van der Waals surface area contributed by atoms with E-state index in [1.165, 1.54) is 11.8 Å². The van der Waals surface area contributed by atoms with Crippen molar-refractivity contribution in [1.29, 1.82) is 0 Å². The minimum Gasteiger partial charge on any atom is -0.380 e. The van der Waals surface area contributed by atoms with Crippen molar-refractivity contribution in [3.05, 3.63) is 0 Å². The molecule has 0 aromatic heterocycles. The number of hydrogen-bond acceptors (Lipinski definition) is 12. The monoisotopic (exact) mass is 597 g/mol. The number of nitrogens with zero attached hydrogens (tertiary/aromatic N) is 2. The number of likely N-dealkylation sites (tertiary alicyclic amines) is 1. The molecule has 17 heteroatoms. The van der Waals surface area contributed by atoms with Gasteiger partial charge in [-0.05, 0) is 18.6 Å². The van der Waals surface area contributed by atoms with Gasteiger partial charge in [-0.3, -0.25) is 28.7 Å². The molecular formula is C22H41BN3O11PS. The number of aliphatic hydroxyl groups excluding tert-OH is 2. The number of aliphatic hydroxyl groups is 2. The first kappa shape index (κ1) is 34.1. The van der Waals surface area contributed by atoms with Crippen LogP contribution in [0.25, 0.3) is 0 Å². The SMILES string of the molecule is BC1OC(COP(C)(=O)O)C(O)N(OCCCSC2CC(=O)N(CCC(=O)NCCOCCCC)C2=O)C1O. The number of hydrogen-bond donors (Lipinski definition) is 4. The summed E-state index contributed by atoms with van der Waals surface area (Å²) in [5.41, 5.74) is 0. The largest absolute Gasteiger partial charge is 0.380 e. The maximum Gasteiger partial charge on any atom is 0.325 e. The number of unbranched alkanes of at least 4 members (excludes halogenated alkanes) is 1. The van der Waals surface area contributed by atoms with Gasteiger partial charge in [-0.2, -0.15) is 0 Å². The van der Waals surface area contributed by atoms with E-state index in [0.29, 0.717) is 31.9 Å². The fraction of sp³-hybridized carbons (Fsp3) is 0.864. The summed E-state index contributed by atoms with van der Waals surface area (Å²) in [6.45, 7) is 4.26. The van der Waals surface area contributed by atoms with Crippen molar-refractivity contribution < 1.29 is 52.9 Å². The normalized spacial score (nSPS) is 27.6. The molecule has 0 aromatic rings. The van der Waals surface area contributed by atoms with Crippen molar-refractivity contribution in [2.75, 3.05) is 51.9 Å². The Labute approximate surface area is 233 Å². The van der Waals surface area contributed by atoms with Gasteiger partial charge in [0.1, 0.15) is 14.0 Å². The summed E-state index contributed by atoms with van der Waals surface area (Å²) in [6.07, 6.45) is -1.21. The third-order valence-corrected chi connectivity index (χ3v) is 7.89. The zero-order valence-electron chi connectivity index (χ0n) is 22.7. The topological polar surface area (TPSA) is 184 Å². The minimum atomic E-state index is -3.78. The Bertz CT molecular complexity index is 854. The Balaban J connectivity index is 1.67. The van der Waals surface area contributed by atoms with Crippen LogP contribution >= 0.6 is 19.4 Å². The van der Waals surface area contributed by atoms with Crippen LogP contribution in [-0.2, 0) is 37.8 Å². The van der Waals surface area contributed by atoms with E-state index in [2.05, 4.69) is 12.2 Å². The van der Waals surface area contributed by atoms with Crippen LogP contribution in [-0.4, -0.2) is 132 Å². The van der Waals surface area contributed by atoms with E-state index in [9.17, 15) is 34.1 Å². The molecule has 0 radical (unpaired) electrons.